The summed E-state index contributed by atoms with van der Waals surface area (Å²) in [6.07, 6.45) is -0.632. The maximum absolute atomic E-state index is 12.0. The highest BCUT2D eigenvalue weighted by Crippen LogP contribution is 2.21. The predicted octanol–water partition coefficient (Wildman–Crippen LogP) is 4.73. The normalized spacial score (nSPS) is 11.8. The lowest BCUT2D eigenvalue weighted by molar-refractivity contribution is -0.127. The highest BCUT2D eigenvalue weighted by molar-refractivity contribution is 6.35. The van der Waals surface area contributed by atoms with E-state index in [0.29, 0.717) is 27.4 Å². The number of rotatable bonds is 5. The number of amides is 1. The van der Waals surface area contributed by atoms with E-state index in [0.717, 1.165) is 5.56 Å². The second kappa shape index (κ2) is 7.73. The molecule has 1 N–H and O–H groups in total. The van der Waals surface area contributed by atoms with Gasteiger partial charge in [-0.25, -0.2) is 0 Å². The number of benzene rings is 2. The van der Waals surface area contributed by atoms with Gasteiger partial charge in [0.25, 0.3) is 5.91 Å². The summed E-state index contributed by atoms with van der Waals surface area (Å²) >= 11 is 17.7. The van der Waals surface area contributed by atoms with E-state index in [1.54, 1.807) is 49.4 Å². The molecule has 0 bridgehead atoms. The Kier molecular flexibility index (Phi) is 5.95. The van der Waals surface area contributed by atoms with Crippen molar-refractivity contribution in [2.75, 3.05) is 0 Å². The molecular formula is C16H14Cl3NO2. The molecule has 22 heavy (non-hydrogen) atoms. The Morgan fingerprint density at radius 1 is 1.09 bits per heavy atom. The number of hydrogen-bond donors (Lipinski definition) is 1. The van der Waals surface area contributed by atoms with Gasteiger partial charge in [0.1, 0.15) is 5.75 Å². The maximum Gasteiger partial charge on any atom is 0.261 e. The number of carbonyl (C=O) groups is 1. The summed E-state index contributed by atoms with van der Waals surface area (Å²) in [6.45, 7) is 1.98. The highest BCUT2D eigenvalue weighted by Gasteiger charge is 2.14. The first kappa shape index (κ1) is 16.9. The average Bonchev–Trinajstić information content (AvgIpc) is 2.48. The van der Waals surface area contributed by atoms with Crippen molar-refractivity contribution in [3.05, 3.63) is 63.1 Å². The summed E-state index contributed by atoms with van der Waals surface area (Å²) in [5, 5.41) is 4.45. The fourth-order valence-corrected chi connectivity index (χ4v) is 2.36. The van der Waals surface area contributed by atoms with E-state index in [2.05, 4.69) is 5.32 Å². The molecule has 0 aliphatic carbocycles. The summed E-state index contributed by atoms with van der Waals surface area (Å²) in [4.78, 5) is 12.0. The molecule has 0 fully saturated rings. The smallest absolute Gasteiger partial charge is 0.261 e. The van der Waals surface area contributed by atoms with Crippen LogP contribution in [0, 0.1) is 0 Å². The summed E-state index contributed by atoms with van der Waals surface area (Å²) in [7, 11) is 0. The van der Waals surface area contributed by atoms with Crippen LogP contribution >= 0.6 is 34.8 Å². The second-order valence-corrected chi connectivity index (χ2v) is 5.95. The van der Waals surface area contributed by atoms with Gasteiger partial charge in [-0.1, -0.05) is 40.9 Å². The first-order chi connectivity index (χ1) is 10.5. The number of nitrogens with one attached hydrogen (secondary N) is 1. The van der Waals surface area contributed by atoms with Gasteiger partial charge in [0.05, 0.1) is 0 Å². The molecule has 2 aromatic rings. The quantitative estimate of drug-likeness (QED) is 0.839. The minimum atomic E-state index is -0.632. The van der Waals surface area contributed by atoms with Gasteiger partial charge < -0.3 is 10.1 Å². The molecule has 0 radical (unpaired) electrons. The Morgan fingerprint density at radius 3 is 2.36 bits per heavy atom. The molecule has 6 heteroatoms. The van der Waals surface area contributed by atoms with Crippen LogP contribution in [-0.4, -0.2) is 12.0 Å². The van der Waals surface area contributed by atoms with Crippen molar-refractivity contribution in [3.8, 4) is 5.75 Å². The average molecular weight is 359 g/mol. The topological polar surface area (TPSA) is 38.3 Å². The molecular weight excluding hydrogens is 345 g/mol. The van der Waals surface area contributed by atoms with E-state index < -0.39 is 6.10 Å². The van der Waals surface area contributed by atoms with Gasteiger partial charge in [0.2, 0.25) is 0 Å². The van der Waals surface area contributed by atoms with Crippen molar-refractivity contribution in [3.63, 3.8) is 0 Å². The molecule has 0 aliphatic heterocycles. The molecule has 0 heterocycles. The fourth-order valence-electron chi connectivity index (χ4n) is 1.76. The van der Waals surface area contributed by atoms with Crippen molar-refractivity contribution in [2.45, 2.75) is 19.6 Å². The molecule has 3 nitrogen and oxygen atoms in total. The van der Waals surface area contributed by atoms with E-state index in [-0.39, 0.29) is 5.91 Å². The monoisotopic (exact) mass is 357 g/mol. The molecule has 0 aromatic heterocycles. The molecule has 2 rings (SSSR count). The van der Waals surface area contributed by atoms with Gasteiger partial charge in [0.15, 0.2) is 6.10 Å². The SMILES string of the molecule is C[C@H](Oc1ccc(Cl)cc1)C(=O)NCc1ccc(Cl)cc1Cl. The van der Waals surface area contributed by atoms with Gasteiger partial charge in [-0.2, -0.15) is 0 Å². The van der Waals surface area contributed by atoms with Crippen LogP contribution in [0.25, 0.3) is 0 Å². The fraction of sp³-hybridized carbons (Fsp3) is 0.188. The van der Waals surface area contributed by atoms with Gasteiger partial charge in [-0.15, -0.1) is 0 Å². The van der Waals surface area contributed by atoms with Crippen LogP contribution in [0.2, 0.25) is 15.1 Å². The van der Waals surface area contributed by atoms with Crippen LogP contribution in [0.5, 0.6) is 5.75 Å². The van der Waals surface area contributed by atoms with E-state index in [4.69, 9.17) is 39.5 Å². The maximum atomic E-state index is 12.0. The third-order valence-corrected chi connectivity index (χ3v) is 3.80. The molecule has 0 saturated heterocycles. The first-order valence-electron chi connectivity index (χ1n) is 6.59. The number of halogens is 3. The van der Waals surface area contributed by atoms with Crippen LogP contribution in [0.1, 0.15) is 12.5 Å². The van der Waals surface area contributed by atoms with E-state index in [1.165, 1.54) is 0 Å². The molecule has 2 aromatic carbocycles. The van der Waals surface area contributed by atoms with Crippen LogP contribution in [-0.2, 0) is 11.3 Å². The lowest BCUT2D eigenvalue weighted by Gasteiger charge is -2.15. The van der Waals surface area contributed by atoms with E-state index in [1.807, 2.05) is 0 Å². The van der Waals surface area contributed by atoms with Crippen LogP contribution in [0.3, 0.4) is 0 Å². The van der Waals surface area contributed by atoms with Crippen LogP contribution < -0.4 is 10.1 Å². The van der Waals surface area contributed by atoms with Crippen molar-refractivity contribution < 1.29 is 9.53 Å². The molecule has 0 aliphatic rings. The molecule has 1 atom stereocenters. The Hall–Kier alpha value is -1.42. The summed E-state index contributed by atoms with van der Waals surface area (Å²) in [6, 6.07) is 12.0. The zero-order valence-corrected chi connectivity index (χ0v) is 14.0. The molecule has 1 amide bonds. The Bertz CT molecular complexity index is 659. The zero-order valence-electron chi connectivity index (χ0n) is 11.8. The lowest BCUT2D eigenvalue weighted by Crippen LogP contribution is -2.35. The van der Waals surface area contributed by atoms with Gasteiger partial charge in [-0.3, -0.25) is 4.79 Å². The Balaban J connectivity index is 1.89. The third-order valence-electron chi connectivity index (χ3n) is 2.96. The summed E-state index contributed by atoms with van der Waals surface area (Å²) < 4.78 is 5.54. The number of carbonyl (C=O) groups excluding carboxylic acids is 1. The molecule has 0 saturated carbocycles. The van der Waals surface area contributed by atoms with Crippen molar-refractivity contribution >= 4 is 40.7 Å². The van der Waals surface area contributed by atoms with Gasteiger partial charge in [-0.05, 0) is 48.9 Å². The van der Waals surface area contributed by atoms with Crippen molar-refractivity contribution in [1.29, 1.82) is 0 Å². The Morgan fingerprint density at radius 2 is 1.73 bits per heavy atom. The first-order valence-corrected chi connectivity index (χ1v) is 7.73. The van der Waals surface area contributed by atoms with Gasteiger partial charge in [0, 0.05) is 21.6 Å². The molecule has 116 valence electrons. The number of hydrogen-bond acceptors (Lipinski definition) is 2. The molecule has 0 unspecified atom stereocenters. The van der Waals surface area contributed by atoms with Crippen LogP contribution in [0.15, 0.2) is 42.5 Å². The largest absolute Gasteiger partial charge is 0.481 e. The third kappa shape index (κ3) is 4.80. The highest BCUT2D eigenvalue weighted by atomic mass is 35.5. The standard InChI is InChI=1S/C16H14Cl3NO2/c1-10(22-14-6-4-12(17)5-7-14)16(21)20-9-11-2-3-13(18)8-15(11)19/h2-8,10H,9H2,1H3,(H,20,21)/t10-/m0/s1. The molecule has 0 spiro atoms. The van der Waals surface area contributed by atoms with Crippen molar-refractivity contribution in [2.24, 2.45) is 0 Å². The van der Waals surface area contributed by atoms with Gasteiger partial charge >= 0.3 is 0 Å². The second-order valence-electron chi connectivity index (χ2n) is 4.67. The lowest BCUT2D eigenvalue weighted by atomic mass is 10.2. The predicted molar refractivity (Wildman–Crippen MR) is 89.9 cm³/mol. The summed E-state index contributed by atoms with van der Waals surface area (Å²) in [5.41, 5.74) is 0.790. The van der Waals surface area contributed by atoms with E-state index in [9.17, 15) is 4.79 Å². The minimum Gasteiger partial charge on any atom is -0.481 e. The van der Waals surface area contributed by atoms with E-state index >= 15 is 0 Å². The summed E-state index contributed by atoms with van der Waals surface area (Å²) in [5.74, 6) is 0.345. The minimum absolute atomic E-state index is 0.235. The Labute approximate surface area is 144 Å². The van der Waals surface area contributed by atoms with Crippen LogP contribution in [0.4, 0.5) is 0 Å². The zero-order chi connectivity index (χ0) is 16.1. The number of ether oxygens (including phenoxy) is 1. The van der Waals surface area contributed by atoms with Crippen molar-refractivity contribution in [1.82, 2.24) is 5.32 Å².